The number of rotatable bonds is 2. The SMILES string of the molecule is [2H]C([2H])([2H])CN(CC([2H])([2H])[2H])C(=S)[S-].[Na+]. The van der Waals surface area contributed by atoms with Crippen LogP contribution < -0.4 is 29.6 Å². The summed E-state index contributed by atoms with van der Waals surface area (Å²) in [7, 11) is 0. The summed E-state index contributed by atoms with van der Waals surface area (Å²) >= 11 is 9.19. The van der Waals surface area contributed by atoms with Crippen molar-refractivity contribution in [3.8, 4) is 0 Å². The third kappa shape index (κ3) is 5.55. The Bertz CT molecular complexity index is 199. The Kier molecular flexibility index (Phi) is 3.38. The third-order valence-corrected chi connectivity index (χ3v) is 1.16. The van der Waals surface area contributed by atoms with Crippen molar-refractivity contribution in [3.63, 3.8) is 0 Å². The predicted molar refractivity (Wildman–Crippen MR) is 42.9 cm³/mol. The zero-order valence-electron chi connectivity index (χ0n) is 11.2. The molecule has 0 aromatic heterocycles. The van der Waals surface area contributed by atoms with Crippen LogP contribution >= 0.6 is 12.2 Å². The second-order valence-corrected chi connectivity index (χ2v) is 2.15. The molecule has 0 spiro atoms. The van der Waals surface area contributed by atoms with Gasteiger partial charge in [-0.25, -0.2) is 0 Å². The Labute approximate surface area is 98.3 Å². The zero-order chi connectivity index (χ0) is 11.6. The summed E-state index contributed by atoms with van der Waals surface area (Å²) < 4.78 is 41.7. The molecule has 0 heterocycles. The summed E-state index contributed by atoms with van der Waals surface area (Å²) in [5, 5.41) is 0. The van der Waals surface area contributed by atoms with Crippen molar-refractivity contribution in [2.75, 3.05) is 13.1 Å². The zero-order valence-corrected chi connectivity index (χ0v) is 8.81. The van der Waals surface area contributed by atoms with E-state index in [1.54, 1.807) is 0 Å². The van der Waals surface area contributed by atoms with Gasteiger partial charge in [-0.3, -0.25) is 0 Å². The molecule has 0 aliphatic carbocycles. The maximum Gasteiger partial charge on any atom is 1.00 e. The average molecular weight is 177 g/mol. The first-order chi connectivity index (χ1) is 6.01. The van der Waals surface area contributed by atoms with Gasteiger partial charge < -0.3 is 29.7 Å². The van der Waals surface area contributed by atoms with Crippen LogP contribution in [-0.2, 0) is 12.6 Å². The summed E-state index contributed by atoms with van der Waals surface area (Å²) in [6.45, 7) is -5.36. The van der Waals surface area contributed by atoms with Crippen molar-refractivity contribution in [2.45, 2.75) is 13.7 Å². The van der Waals surface area contributed by atoms with Crippen LogP contribution in [0.15, 0.2) is 0 Å². The Hall–Kier alpha value is 1.11. The molecule has 0 aromatic rings. The van der Waals surface area contributed by atoms with Crippen molar-refractivity contribution in [2.24, 2.45) is 0 Å². The normalized spacial score (nSPS) is 20.4. The molecule has 0 unspecified atom stereocenters. The van der Waals surface area contributed by atoms with Gasteiger partial charge in [0.15, 0.2) is 0 Å². The fourth-order valence-corrected chi connectivity index (χ4v) is 0.443. The first kappa shape index (κ1) is 4.21. The maximum absolute atomic E-state index is 6.97. The van der Waals surface area contributed by atoms with Gasteiger partial charge >= 0.3 is 29.6 Å². The molecule has 0 aliphatic heterocycles. The van der Waals surface area contributed by atoms with E-state index in [0.717, 1.165) is 4.90 Å². The number of nitrogens with zero attached hydrogens (tertiary/aromatic N) is 1. The summed E-state index contributed by atoms with van der Waals surface area (Å²) in [5.74, 6) is 0. The smallest absolute Gasteiger partial charge is 0.411 e. The fraction of sp³-hybridized carbons (Fsp3) is 0.800. The van der Waals surface area contributed by atoms with E-state index in [0.29, 0.717) is 0 Å². The van der Waals surface area contributed by atoms with E-state index < -0.39 is 26.8 Å². The Balaban J connectivity index is 0. The largest absolute Gasteiger partial charge is 1.00 e. The molecule has 0 radical (unpaired) electrons. The second kappa shape index (κ2) is 7.22. The molecule has 0 saturated carbocycles. The third-order valence-electron chi connectivity index (χ3n) is 0.640. The van der Waals surface area contributed by atoms with E-state index in [-0.39, 0.29) is 33.9 Å². The molecule has 0 N–H and O–H groups in total. The van der Waals surface area contributed by atoms with Crippen LogP contribution in [-0.4, -0.2) is 22.3 Å². The molecule has 4 heteroatoms. The summed E-state index contributed by atoms with van der Waals surface area (Å²) in [6.07, 6.45) is 0. The van der Waals surface area contributed by atoms with E-state index in [1.165, 1.54) is 0 Å². The predicted octanol–water partition coefficient (Wildman–Crippen LogP) is -1.84. The molecule has 9 heavy (non-hydrogen) atoms. The van der Waals surface area contributed by atoms with Crippen LogP contribution in [0.5, 0.6) is 0 Å². The van der Waals surface area contributed by atoms with Crippen LogP contribution in [0.3, 0.4) is 0 Å². The molecule has 0 amide bonds. The minimum absolute atomic E-state index is 0. The second-order valence-electron chi connectivity index (χ2n) is 1.12. The Morgan fingerprint density at radius 1 is 1.67 bits per heavy atom. The summed E-state index contributed by atoms with van der Waals surface area (Å²) in [4.78, 5) is 1.00. The van der Waals surface area contributed by atoms with E-state index in [1.807, 2.05) is 0 Å². The van der Waals surface area contributed by atoms with E-state index in [9.17, 15) is 0 Å². The van der Waals surface area contributed by atoms with E-state index >= 15 is 0 Å². The first-order valence-electron chi connectivity index (χ1n) is 4.97. The van der Waals surface area contributed by atoms with Crippen molar-refractivity contribution in [3.05, 3.63) is 0 Å². The Morgan fingerprint density at radius 3 is 2.33 bits per heavy atom. The minimum atomic E-state index is -2.26. The summed E-state index contributed by atoms with van der Waals surface area (Å²) in [5.41, 5.74) is 0. The van der Waals surface area contributed by atoms with Crippen molar-refractivity contribution in [1.29, 1.82) is 0 Å². The van der Waals surface area contributed by atoms with Crippen molar-refractivity contribution in [1.82, 2.24) is 4.90 Å². The molecule has 0 rings (SSSR count). The maximum atomic E-state index is 6.97. The van der Waals surface area contributed by atoms with Gasteiger partial charge in [0, 0.05) is 21.3 Å². The van der Waals surface area contributed by atoms with Crippen molar-refractivity contribution < 1.29 is 37.8 Å². The molecule has 0 aliphatic rings. The number of hydrogen-bond acceptors (Lipinski definition) is 2. The molecule has 0 saturated heterocycles. The quantitative estimate of drug-likeness (QED) is 0.277. The molecule has 0 atom stereocenters. The molecule has 0 aromatic carbocycles. The van der Waals surface area contributed by atoms with Gasteiger partial charge in [-0.2, -0.15) is 0 Å². The van der Waals surface area contributed by atoms with Crippen LogP contribution in [0.1, 0.15) is 21.9 Å². The standard InChI is InChI=1S/C5H11NS2.Na/c1-3-6(4-2)5(7)8;/h3-4H2,1-2H3,(H,7,8);/q;+1/p-1/i1D3,2D3;. The van der Waals surface area contributed by atoms with Gasteiger partial charge in [0.05, 0.1) is 0 Å². The number of thiocarbonyl (C=S) groups is 1. The van der Waals surface area contributed by atoms with Gasteiger partial charge in [-0.1, -0.05) is 4.32 Å². The monoisotopic (exact) mass is 177 g/mol. The molecule has 0 bridgehead atoms. The molecule has 1 nitrogen and oxygen atoms in total. The van der Waals surface area contributed by atoms with Gasteiger partial charge in [0.1, 0.15) is 0 Å². The first-order valence-corrected chi connectivity index (χ1v) is 2.79. The van der Waals surface area contributed by atoms with Crippen molar-refractivity contribution >= 4 is 29.2 Å². The molecular formula is C5H10NNaS2. The van der Waals surface area contributed by atoms with Crippen LogP contribution in [0, 0.1) is 0 Å². The fourth-order valence-electron chi connectivity index (χ4n) is 0.185. The van der Waals surface area contributed by atoms with Crippen LogP contribution in [0.4, 0.5) is 0 Å². The average Bonchev–Trinajstić information content (AvgIpc) is 1.78. The molecule has 0 fully saturated rings. The minimum Gasteiger partial charge on any atom is -0.411 e. The van der Waals surface area contributed by atoms with Gasteiger partial charge in [-0.15, -0.1) is 0 Å². The molecular weight excluding hydrogens is 161 g/mol. The van der Waals surface area contributed by atoms with Crippen LogP contribution in [0.2, 0.25) is 0 Å². The number of hydrogen-bond donors (Lipinski definition) is 0. The molecule has 48 valence electrons. The van der Waals surface area contributed by atoms with E-state index in [2.05, 4.69) is 24.8 Å². The van der Waals surface area contributed by atoms with Gasteiger partial charge in [0.2, 0.25) is 0 Å². The van der Waals surface area contributed by atoms with Crippen LogP contribution in [0.25, 0.3) is 0 Å². The summed E-state index contributed by atoms with van der Waals surface area (Å²) in [6, 6.07) is 0. The topological polar surface area (TPSA) is 3.24 Å². The van der Waals surface area contributed by atoms with Gasteiger partial charge in [0.25, 0.3) is 0 Å². The van der Waals surface area contributed by atoms with Gasteiger partial charge in [-0.05, 0) is 13.7 Å². The van der Waals surface area contributed by atoms with E-state index in [4.69, 9.17) is 8.22 Å². The Morgan fingerprint density at radius 2 is 2.11 bits per heavy atom.